The fourth-order valence-corrected chi connectivity index (χ4v) is 5.12. The maximum absolute atomic E-state index is 2.30. The zero-order valence-corrected chi connectivity index (χ0v) is 23.9. The minimum Gasteiger partial charge on any atom is -0.374 e. The first-order valence-corrected chi connectivity index (χ1v) is 13.9. The Morgan fingerprint density at radius 2 is 1.30 bits per heavy atom. The molecule has 0 spiro atoms. The van der Waals surface area contributed by atoms with E-state index >= 15 is 0 Å². The van der Waals surface area contributed by atoms with Crippen LogP contribution in [0.15, 0.2) is 134 Å². The monoisotopic (exact) mass is 526 g/mol. The third-order valence-corrected chi connectivity index (χ3v) is 7.46. The molecule has 1 aliphatic heterocycles. The molecule has 6 heterocycles. The van der Waals surface area contributed by atoms with E-state index in [4.69, 9.17) is 0 Å². The largest absolute Gasteiger partial charge is 0.374 e. The Morgan fingerprint density at radius 1 is 0.575 bits per heavy atom. The number of hydrogen-bond donors (Lipinski definition) is 0. The number of para-hydroxylation sites is 2. The van der Waals surface area contributed by atoms with Crippen molar-refractivity contribution < 1.29 is 0 Å². The van der Waals surface area contributed by atoms with Crippen molar-refractivity contribution in [3.63, 3.8) is 0 Å². The van der Waals surface area contributed by atoms with Crippen molar-refractivity contribution in [2.75, 3.05) is 18.5 Å². The molecule has 0 N–H and O–H groups in total. The van der Waals surface area contributed by atoms with Crippen LogP contribution in [-0.2, 0) is 13.5 Å². The maximum atomic E-state index is 2.30. The maximum Gasteiger partial charge on any atom is 0.0479 e. The first-order valence-electron chi connectivity index (χ1n) is 13.9. The Balaban J connectivity index is 0.000000108. The Morgan fingerprint density at radius 3 is 2.10 bits per heavy atom. The zero-order chi connectivity index (χ0) is 27.9. The normalized spacial score (nSPS) is 11.8. The smallest absolute Gasteiger partial charge is 0.0479 e. The molecule has 0 unspecified atom stereocenters. The molecule has 5 aromatic heterocycles. The quantitative estimate of drug-likeness (QED) is 0.194. The van der Waals surface area contributed by atoms with Crippen LogP contribution in [0.4, 0.5) is 5.69 Å². The molecule has 4 nitrogen and oxygen atoms in total. The van der Waals surface area contributed by atoms with Gasteiger partial charge < -0.3 is 18.3 Å². The molecule has 1 aliphatic rings. The molecule has 0 bridgehead atoms. The second-order valence-corrected chi connectivity index (χ2v) is 10.2. The zero-order valence-electron chi connectivity index (χ0n) is 23.9. The first kappa shape index (κ1) is 26.9. The number of rotatable bonds is 0. The number of aromatic nitrogens is 3. The van der Waals surface area contributed by atoms with Crippen LogP contribution in [0.2, 0.25) is 0 Å². The Labute approximate surface area is 237 Å². The Hall–Kier alpha value is -4.70. The fraction of sp³-hybridized carbons (Fsp3) is 0.167. The summed E-state index contributed by atoms with van der Waals surface area (Å²) in [5, 5.41) is 1.31. The number of pyridine rings is 2. The molecule has 8 rings (SSSR count). The summed E-state index contributed by atoms with van der Waals surface area (Å²) in [5.41, 5.74) is 9.37. The van der Waals surface area contributed by atoms with Crippen LogP contribution in [0.3, 0.4) is 0 Å². The van der Waals surface area contributed by atoms with Crippen LogP contribution in [0.1, 0.15) is 16.8 Å². The van der Waals surface area contributed by atoms with Gasteiger partial charge in [0, 0.05) is 73.4 Å². The summed E-state index contributed by atoms with van der Waals surface area (Å²) in [6.45, 7) is 5.40. The van der Waals surface area contributed by atoms with E-state index in [9.17, 15) is 0 Å². The van der Waals surface area contributed by atoms with Crippen molar-refractivity contribution in [1.82, 2.24) is 13.4 Å². The van der Waals surface area contributed by atoms with Crippen LogP contribution in [0.5, 0.6) is 0 Å². The van der Waals surface area contributed by atoms with Crippen LogP contribution in [0.25, 0.3) is 21.9 Å². The van der Waals surface area contributed by atoms with Crippen LogP contribution in [-0.4, -0.2) is 27.0 Å². The third-order valence-electron chi connectivity index (χ3n) is 7.46. The lowest BCUT2D eigenvalue weighted by Crippen LogP contribution is -2.12. The van der Waals surface area contributed by atoms with Gasteiger partial charge in [0.1, 0.15) is 0 Å². The number of likely N-dealkylation sites (N-methyl/N-ethyl adjacent to an activating group) is 1. The highest BCUT2D eigenvalue weighted by Gasteiger charge is 2.12. The standard InChI is InChI=1S/2C9H9N.C9H11N.C9H9N/c1-8-5-6-9-4-2-3-7-10(8)9;1-8-5-7-10-6-3-2-4-9(8)10;2*1-10-7-6-8-4-2-3-5-9(8)10/h2*2-7H,1H3;2-5H,6-7H2,1H3;2-7H,1H3. The van der Waals surface area contributed by atoms with Gasteiger partial charge in [-0.1, -0.05) is 48.5 Å². The molecular weight excluding hydrogens is 488 g/mol. The minimum absolute atomic E-state index is 1.18. The number of nitrogens with zero attached hydrogens (tertiary/aromatic N) is 4. The van der Waals surface area contributed by atoms with Crippen molar-refractivity contribution in [1.29, 1.82) is 0 Å². The van der Waals surface area contributed by atoms with Gasteiger partial charge in [0.2, 0.25) is 0 Å². The molecule has 0 radical (unpaired) electrons. The van der Waals surface area contributed by atoms with Gasteiger partial charge in [-0.2, -0.15) is 0 Å². The van der Waals surface area contributed by atoms with Gasteiger partial charge >= 0.3 is 0 Å². The predicted molar refractivity (Wildman–Crippen MR) is 171 cm³/mol. The van der Waals surface area contributed by atoms with Gasteiger partial charge in [-0.25, -0.2) is 0 Å². The van der Waals surface area contributed by atoms with Gasteiger partial charge in [0.05, 0.1) is 0 Å². The molecule has 0 atom stereocenters. The molecule has 0 saturated heterocycles. The van der Waals surface area contributed by atoms with Crippen LogP contribution < -0.4 is 4.90 Å². The second kappa shape index (κ2) is 12.4. The third kappa shape index (κ3) is 6.13. The molecule has 2 aromatic carbocycles. The second-order valence-electron chi connectivity index (χ2n) is 10.2. The van der Waals surface area contributed by atoms with Crippen LogP contribution in [0, 0.1) is 13.8 Å². The molecule has 7 aromatic rings. The highest BCUT2D eigenvalue weighted by molar-refractivity contribution is 5.79. The summed E-state index contributed by atoms with van der Waals surface area (Å²) in [6, 6.07) is 37.8. The summed E-state index contributed by atoms with van der Waals surface area (Å²) in [5.74, 6) is 0. The summed E-state index contributed by atoms with van der Waals surface area (Å²) >= 11 is 0. The lowest BCUT2D eigenvalue weighted by atomic mass is 10.2. The lowest BCUT2D eigenvalue weighted by molar-refractivity contribution is 0.956. The van der Waals surface area contributed by atoms with E-state index in [1.165, 1.54) is 57.4 Å². The van der Waals surface area contributed by atoms with Gasteiger partial charge in [-0.05, 0) is 97.4 Å². The predicted octanol–water partition coefficient (Wildman–Crippen LogP) is 8.35. The number of benzene rings is 2. The van der Waals surface area contributed by atoms with E-state index in [0.717, 1.165) is 0 Å². The number of hydrogen-bond acceptors (Lipinski definition) is 1. The van der Waals surface area contributed by atoms with Crippen molar-refractivity contribution in [2.24, 2.45) is 7.05 Å². The van der Waals surface area contributed by atoms with E-state index in [1.54, 1.807) is 0 Å². The summed E-state index contributed by atoms with van der Waals surface area (Å²) in [7, 11) is 4.20. The molecular formula is C36H38N4. The molecule has 4 heteroatoms. The summed E-state index contributed by atoms with van der Waals surface area (Å²) in [4.78, 5) is 2.30. The molecule has 0 saturated carbocycles. The van der Waals surface area contributed by atoms with Gasteiger partial charge in [-0.3, -0.25) is 0 Å². The van der Waals surface area contributed by atoms with Gasteiger partial charge in [0.25, 0.3) is 0 Å². The van der Waals surface area contributed by atoms with Crippen molar-refractivity contribution in [2.45, 2.75) is 20.3 Å². The van der Waals surface area contributed by atoms with Gasteiger partial charge in [-0.15, -0.1) is 0 Å². The first-order chi connectivity index (χ1) is 19.5. The van der Waals surface area contributed by atoms with Gasteiger partial charge in [0.15, 0.2) is 0 Å². The van der Waals surface area contributed by atoms with E-state index < -0.39 is 0 Å². The summed E-state index contributed by atoms with van der Waals surface area (Å²) < 4.78 is 6.41. The van der Waals surface area contributed by atoms with E-state index in [1.807, 2.05) is 12.1 Å². The molecule has 202 valence electrons. The number of aryl methyl sites for hydroxylation is 3. The van der Waals surface area contributed by atoms with Crippen molar-refractivity contribution in [3.05, 3.63) is 151 Å². The van der Waals surface area contributed by atoms with Crippen molar-refractivity contribution in [3.8, 4) is 0 Å². The average Bonchev–Trinajstić information content (AvgIpc) is 3.78. The lowest BCUT2D eigenvalue weighted by Gasteiger charge is -2.10. The molecule has 0 amide bonds. The van der Waals surface area contributed by atoms with E-state index in [0.29, 0.717) is 0 Å². The SMILES string of the molecule is CN1CCc2ccccc21.Cc1ccc2ccccn12.Cc1ccn2ccccc12.Cn1ccc2ccccc21. The average molecular weight is 527 g/mol. The fourth-order valence-electron chi connectivity index (χ4n) is 5.12. The topological polar surface area (TPSA) is 17.0 Å². The number of fused-ring (bicyclic) bond motifs is 4. The van der Waals surface area contributed by atoms with Crippen LogP contribution >= 0.6 is 0 Å². The highest BCUT2D eigenvalue weighted by Crippen LogP contribution is 2.25. The Bertz CT molecular complexity index is 1650. The van der Waals surface area contributed by atoms with E-state index in [-0.39, 0.29) is 0 Å². The van der Waals surface area contributed by atoms with E-state index in [2.05, 4.69) is 168 Å². The number of anilines is 1. The minimum atomic E-state index is 1.18. The molecule has 0 aliphatic carbocycles. The highest BCUT2D eigenvalue weighted by atomic mass is 15.1. The van der Waals surface area contributed by atoms with Crippen molar-refractivity contribution >= 4 is 27.6 Å². The Kier molecular flexibility index (Phi) is 8.36. The molecule has 0 fully saturated rings. The summed E-state index contributed by atoms with van der Waals surface area (Å²) in [6.07, 6.45) is 9.50. The molecule has 40 heavy (non-hydrogen) atoms.